The second kappa shape index (κ2) is 6.50. The summed E-state index contributed by atoms with van der Waals surface area (Å²) in [5.74, 6) is 3.66. The maximum atomic E-state index is 13.5. The summed E-state index contributed by atoms with van der Waals surface area (Å²) in [6, 6.07) is 0. The summed E-state index contributed by atoms with van der Waals surface area (Å²) in [6.45, 7) is 8.58. The fraction of sp³-hybridized carbons (Fsp3) is 0.826. The number of nitrogens with zero attached hydrogens (tertiary/aromatic N) is 3. The minimum atomic E-state index is -0.133. The number of piperidine rings is 1. The first kappa shape index (κ1) is 18.5. The second-order valence-electron chi connectivity index (χ2n) is 11.2. The second-order valence-corrected chi connectivity index (χ2v) is 11.2. The molecular formula is C23H36N4O. The SMILES string of the molecule is CC(C)(C)n1ncc(C(=O)NC23CC4CC(CC(C4)C2)C3)c1N1CCCCC1. The lowest BCUT2D eigenvalue weighted by Gasteiger charge is -2.56. The van der Waals surface area contributed by atoms with Crippen LogP contribution in [0.3, 0.4) is 0 Å². The van der Waals surface area contributed by atoms with E-state index in [0.29, 0.717) is 0 Å². The van der Waals surface area contributed by atoms with Crippen molar-refractivity contribution in [1.29, 1.82) is 0 Å². The molecule has 0 spiro atoms. The molecule has 0 atom stereocenters. The third kappa shape index (κ3) is 3.15. The monoisotopic (exact) mass is 384 g/mol. The van der Waals surface area contributed by atoms with Crippen LogP contribution in [-0.4, -0.2) is 34.3 Å². The van der Waals surface area contributed by atoms with Gasteiger partial charge < -0.3 is 10.2 Å². The van der Waals surface area contributed by atoms with Crippen molar-refractivity contribution in [2.75, 3.05) is 18.0 Å². The van der Waals surface area contributed by atoms with E-state index in [-0.39, 0.29) is 17.0 Å². The first-order valence-electron chi connectivity index (χ1n) is 11.5. The predicted molar refractivity (Wildman–Crippen MR) is 112 cm³/mol. The van der Waals surface area contributed by atoms with Crippen LogP contribution in [0.25, 0.3) is 0 Å². The lowest BCUT2D eigenvalue weighted by molar-refractivity contribution is -0.0166. The van der Waals surface area contributed by atoms with E-state index in [4.69, 9.17) is 5.10 Å². The van der Waals surface area contributed by atoms with Gasteiger partial charge in [-0.2, -0.15) is 5.10 Å². The lowest BCUT2D eigenvalue weighted by atomic mass is 9.53. The standard InChI is InChI=1S/C23H36N4O/c1-22(2,3)27-21(26-7-5-4-6-8-26)19(15-24-27)20(28)25-23-12-16-9-17(13-23)11-18(10-16)14-23/h15-18H,4-14H2,1-3H3,(H,25,28). The Morgan fingerprint density at radius 2 is 1.61 bits per heavy atom. The maximum absolute atomic E-state index is 13.5. The third-order valence-electron chi connectivity index (χ3n) is 7.70. The summed E-state index contributed by atoms with van der Waals surface area (Å²) in [5.41, 5.74) is 0.702. The summed E-state index contributed by atoms with van der Waals surface area (Å²) < 4.78 is 2.08. The molecule has 1 aliphatic heterocycles. The highest BCUT2D eigenvalue weighted by atomic mass is 16.2. The summed E-state index contributed by atoms with van der Waals surface area (Å²) in [5, 5.41) is 8.26. The van der Waals surface area contributed by atoms with Crippen molar-refractivity contribution in [1.82, 2.24) is 15.1 Å². The first-order valence-corrected chi connectivity index (χ1v) is 11.5. The van der Waals surface area contributed by atoms with Gasteiger partial charge in [0.05, 0.1) is 11.7 Å². The van der Waals surface area contributed by atoms with Crippen molar-refractivity contribution in [3.05, 3.63) is 11.8 Å². The molecule has 1 aromatic heterocycles. The molecule has 0 aromatic carbocycles. The van der Waals surface area contributed by atoms with Crippen molar-refractivity contribution >= 4 is 11.7 Å². The zero-order valence-electron chi connectivity index (χ0n) is 17.8. The van der Waals surface area contributed by atoms with E-state index in [2.05, 4.69) is 35.7 Å². The highest BCUT2D eigenvalue weighted by molar-refractivity contribution is 5.99. The van der Waals surface area contributed by atoms with Gasteiger partial charge in [0.1, 0.15) is 11.4 Å². The van der Waals surface area contributed by atoms with Crippen molar-refractivity contribution in [2.45, 2.75) is 89.6 Å². The quantitative estimate of drug-likeness (QED) is 0.844. The van der Waals surface area contributed by atoms with E-state index in [9.17, 15) is 4.79 Å². The number of amides is 1. The average molecular weight is 385 g/mol. The van der Waals surface area contributed by atoms with Crippen LogP contribution >= 0.6 is 0 Å². The van der Waals surface area contributed by atoms with Crippen LogP contribution in [0.5, 0.6) is 0 Å². The molecule has 1 N–H and O–H groups in total. The van der Waals surface area contributed by atoms with Crippen molar-refractivity contribution < 1.29 is 4.79 Å². The van der Waals surface area contributed by atoms with E-state index >= 15 is 0 Å². The number of aromatic nitrogens is 2. The molecule has 5 fully saturated rings. The number of nitrogens with one attached hydrogen (secondary N) is 1. The molecule has 5 aliphatic rings. The van der Waals surface area contributed by atoms with Crippen LogP contribution in [0.2, 0.25) is 0 Å². The Hall–Kier alpha value is -1.52. The molecule has 1 amide bonds. The molecule has 0 unspecified atom stereocenters. The summed E-state index contributed by atoms with van der Waals surface area (Å²) in [6.07, 6.45) is 13.3. The molecule has 4 aliphatic carbocycles. The number of hydrogen-bond acceptors (Lipinski definition) is 3. The minimum absolute atomic E-state index is 0.0504. The molecule has 2 heterocycles. The molecule has 0 radical (unpaired) electrons. The Morgan fingerprint density at radius 3 is 2.14 bits per heavy atom. The summed E-state index contributed by atoms with van der Waals surface area (Å²) in [7, 11) is 0. The van der Waals surface area contributed by atoms with Crippen molar-refractivity contribution in [3.63, 3.8) is 0 Å². The maximum Gasteiger partial charge on any atom is 0.257 e. The Bertz CT molecular complexity index is 718. The van der Waals surface area contributed by atoms with Gasteiger partial charge in [0, 0.05) is 18.6 Å². The Morgan fingerprint density at radius 1 is 1.04 bits per heavy atom. The number of carbonyl (C=O) groups excluding carboxylic acids is 1. The Kier molecular flexibility index (Phi) is 4.29. The molecule has 5 nitrogen and oxygen atoms in total. The van der Waals surface area contributed by atoms with Gasteiger partial charge in [-0.05, 0) is 96.3 Å². The Balaban J connectivity index is 1.44. The van der Waals surface area contributed by atoms with Crippen LogP contribution < -0.4 is 10.2 Å². The third-order valence-corrected chi connectivity index (χ3v) is 7.70. The van der Waals surface area contributed by atoms with E-state index in [1.54, 1.807) is 0 Å². The molecule has 5 heteroatoms. The summed E-state index contributed by atoms with van der Waals surface area (Å²) in [4.78, 5) is 15.9. The normalized spacial score (nSPS) is 34.7. The fourth-order valence-electron chi connectivity index (χ4n) is 6.97. The van der Waals surface area contributed by atoms with E-state index in [1.165, 1.54) is 57.8 Å². The fourth-order valence-corrected chi connectivity index (χ4v) is 6.97. The van der Waals surface area contributed by atoms with Gasteiger partial charge in [-0.25, -0.2) is 4.68 Å². The van der Waals surface area contributed by atoms with Crippen molar-refractivity contribution in [3.8, 4) is 0 Å². The number of hydrogen-bond donors (Lipinski definition) is 1. The highest BCUT2D eigenvalue weighted by Crippen LogP contribution is 2.55. The van der Waals surface area contributed by atoms with Gasteiger partial charge in [-0.1, -0.05) is 0 Å². The number of rotatable bonds is 3. The molecule has 6 rings (SSSR count). The lowest BCUT2D eigenvalue weighted by Crippen LogP contribution is -2.59. The van der Waals surface area contributed by atoms with Gasteiger partial charge in [0.2, 0.25) is 0 Å². The molecule has 1 aromatic rings. The van der Waals surface area contributed by atoms with Crippen LogP contribution in [0.4, 0.5) is 5.82 Å². The van der Waals surface area contributed by atoms with Gasteiger partial charge in [0.15, 0.2) is 0 Å². The van der Waals surface area contributed by atoms with Crippen molar-refractivity contribution in [2.24, 2.45) is 17.8 Å². The molecule has 4 saturated carbocycles. The first-order chi connectivity index (χ1) is 13.3. The minimum Gasteiger partial charge on any atom is -0.356 e. The molecule has 28 heavy (non-hydrogen) atoms. The molecule has 4 bridgehead atoms. The molecule has 154 valence electrons. The smallest absolute Gasteiger partial charge is 0.257 e. The van der Waals surface area contributed by atoms with Crippen LogP contribution in [0.15, 0.2) is 6.20 Å². The zero-order chi connectivity index (χ0) is 19.5. The average Bonchev–Trinajstić information content (AvgIpc) is 3.06. The largest absolute Gasteiger partial charge is 0.356 e. The van der Waals surface area contributed by atoms with E-state index in [0.717, 1.165) is 42.2 Å². The molecular weight excluding hydrogens is 348 g/mol. The number of carbonyl (C=O) groups is 1. The summed E-state index contributed by atoms with van der Waals surface area (Å²) >= 11 is 0. The topological polar surface area (TPSA) is 50.2 Å². The predicted octanol–water partition coefficient (Wildman–Crippen LogP) is 4.33. The molecule has 1 saturated heterocycles. The van der Waals surface area contributed by atoms with E-state index in [1.807, 2.05) is 6.20 Å². The van der Waals surface area contributed by atoms with Crippen LogP contribution in [-0.2, 0) is 5.54 Å². The van der Waals surface area contributed by atoms with Gasteiger partial charge in [-0.15, -0.1) is 0 Å². The zero-order valence-corrected chi connectivity index (χ0v) is 17.8. The van der Waals surface area contributed by atoms with Crippen LogP contribution in [0, 0.1) is 17.8 Å². The van der Waals surface area contributed by atoms with Gasteiger partial charge >= 0.3 is 0 Å². The Labute approximate surface area is 169 Å². The van der Waals surface area contributed by atoms with E-state index < -0.39 is 0 Å². The highest BCUT2D eigenvalue weighted by Gasteiger charge is 2.51. The van der Waals surface area contributed by atoms with Gasteiger partial charge in [0.25, 0.3) is 5.91 Å². The van der Waals surface area contributed by atoms with Crippen LogP contribution in [0.1, 0.15) is 88.9 Å². The van der Waals surface area contributed by atoms with Gasteiger partial charge in [-0.3, -0.25) is 4.79 Å². The number of anilines is 1.